The van der Waals surface area contributed by atoms with Crippen LogP contribution in [0.4, 0.5) is 30.7 Å². The molecule has 108 valence electrons. The van der Waals surface area contributed by atoms with Crippen LogP contribution in [0.25, 0.3) is 0 Å². The smallest absolute Gasteiger partial charge is 0.242 e. The highest BCUT2D eigenvalue weighted by atomic mass is 79.9. The second-order valence-electron chi connectivity index (χ2n) is 3.15. The van der Waals surface area contributed by atoms with Crippen molar-refractivity contribution in [3.05, 3.63) is 20.8 Å². The van der Waals surface area contributed by atoms with Crippen molar-refractivity contribution in [3.63, 3.8) is 0 Å². The van der Waals surface area contributed by atoms with Crippen molar-refractivity contribution < 1.29 is 30.7 Å². The van der Waals surface area contributed by atoms with E-state index in [2.05, 4.69) is 21.0 Å². The van der Waals surface area contributed by atoms with Crippen LogP contribution in [0.5, 0.6) is 0 Å². The van der Waals surface area contributed by atoms with Gasteiger partial charge in [0.1, 0.15) is 0 Å². The number of rotatable bonds is 4. The third-order valence-electron chi connectivity index (χ3n) is 1.78. The van der Waals surface area contributed by atoms with Gasteiger partial charge in [0.25, 0.3) is 0 Å². The van der Waals surface area contributed by atoms with Crippen molar-refractivity contribution in [3.8, 4) is 0 Å². The van der Waals surface area contributed by atoms with Crippen LogP contribution in [0, 0.1) is 0 Å². The maximum Gasteiger partial charge on any atom is 0.462 e. The average Bonchev–Trinajstić information content (AvgIpc) is 2.62. The molecule has 0 radical (unpaired) electrons. The first-order chi connectivity index (χ1) is 8.49. The van der Waals surface area contributed by atoms with E-state index in [4.69, 9.17) is 0 Å². The van der Waals surface area contributed by atoms with Gasteiger partial charge in [-0.15, -0.1) is 11.3 Å². The van der Waals surface area contributed by atoms with Crippen molar-refractivity contribution in [2.45, 2.75) is 18.1 Å². The molecule has 2 nitrogen and oxygen atoms in total. The zero-order valence-corrected chi connectivity index (χ0v) is 11.0. The lowest BCUT2D eigenvalue weighted by Gasteiger charge is -2.27. The largest absolute Gasteiger partial charge is 0.462 e. The minimum atomic E-state index is -6.39. The summed E-state index contributed by atoms with van der Waals surface area (Å²) in [7, 11) is 0. The van der Waals surface area contributed by atoms with E-state index in [9.17, 15) is 30.7 Å². The lowest BCUT2D eigenvalue weighted by Crippen LogP contribution is -2.58. The van der Waals surface area contributed by atoms with Crippen molar-refractivity contribution >= 4 is 33.5 Å². The molecule has 19 heavy (non-hydrogen) atoms. The summed E-state index contributed by atoms with van der Waals surface area (Å²) in [6.07, 6.45) is -5.68. The molecule has 11 heteroatoms. The lowest BCUT2D eigenvalue weighted by atomic mass is 10.3. The summed E-state index contributed by atoms with van der Waals surface area (Å²) in [6, 6.07) is -4.03. The Bertz CT molecular complexity index is 468. The van der Waals surface area contributed by atoms with E-state index in [1.165, 1.54) is 11.4 Å². The van der Waals surface area contributed by atoms with Gasteiger partial charge in [-0.1, -0.05) is 0 Å². The van der Waals surface area contributed by atoms with E-state index in [1.54, 1.807) is 0 Å². The summed E-state index contributed by atoms with van der Waals surface area (Å²) in [6.45, 7) is 0. The topological polar surface area (TPSA) is 24.4 Å². The van der Waals surface area contributed by atoms with Crippen LogP contribution in [-0.2, 0) is 0 Å². The summed E-state index contributed by atoms with van der Waals surface area (Å²) >= 11 is 4.02. The van der Waals surface area contributed by atoms with E-state index in [-0.39, 0.29) is 4.88 Å². The van der Waals surface area contributed by atoms with Gasteiger partial charge < -0.3 is 0 Å². The highest BCUT2D eigenvalue weighted by Gasteiger charge is 2.73. The van der Waals surface area contributed by atoms with Gasteiger partial charge in [0.2, 0.25) is 0 Å². The Labute approximate surface area is 114 Å². The third kappa shape index (κ3) is 3.38. The van der Waals surface area contributed by atoms with E-state index in [0.717, 1.165) is 11.3 Å². The maximum atomic E-state index is 12.7. The van der Waals surface area contributed by atoms with Gasteiger partial charge in [-0.05, 0) is 27.4 Å². The third-order valence-corrected chi connectivity index (χ3v) is 3.59. The molecule has 1 aromatic rings. The highest BCUT2D eigenvalue weighted by molar-refractivity contribution is 9.10. The summed E-state index contributed by atoms with van der Waals surface area (Å²) in [5.74, 6) is -6.23. The van der Waals surface area contributed by atoms with Crippen LogP contribution in [0.3, 0.4) is 0 Å². The fourth-order valence-corrected chi connectivity index (χ4v) is 2.15. The van der Waals surface area contributed by atoms with E-state index >= 15 is 0 Å². The Hall–Kier alpha value is -0.840. The van der Waals surface area contributed by atoms with Crippen LogP contribution < -0.4 is 5.43 Å². The summed E-state index contributed by atoms with van der Waals surface area (Å²) in [5.41, 5.74) is 0.523. The zero-order valence-electron chi connectivity index (χ0n) is 8.61. The van der Waals surface area contributed by atoms with Crippen LogP contribution in [0.15, 0.2) is 21.0 Å². The standard InChI is InChI=1S/C8H4BrF7N2S/c9-4-1-2-19-5(4)3-17-18-8(15,16)6(10,11)7(12,13)14/h1-3,18H/b17-3+. The van der Waals surface area contributed by atoms with Gasteiger partial charge in [-0.3, -0.25) is 0 Å². The van der Waals surface area contributed by atoms with Crippen LogP contribution in [0.1, 0.15) is 4.88 Å². The molecule has 1 N–H and O–H groups in total. The van der Waals surface area contributed by atoms with Gasteiger partial charge in [-0.25, -0.2) is 5.43 Å². The van der Waals surface area contributed by atoms with Crippen molar-refractivity contribution in [2.24, 2.45) is 5.10 Å². The number of nitrogens with one attached hydrogen (secondary N) is 1. The molecule has 0 saturated heterocycles. The molecule has 0 aliphatic rings. The quantitative estimate of drug-likeness (QED) is 0.364. The summed E-state index contributed by atoms with van der Waals surface area (Å²) in [4.78, 5) is 0.277. The molecule has 1 rings (SSSR count). The van der Waals surface area contributed by atoms with Crippen LogP contribution >= 0.6 is 27.3 Å². The van der Waals surface area contributed by atoms with Gasteiger partial charge in [0, 0.05) is 4.47 Å². The fourth-order valence-electron chi connectivity index (χ4n) is 0.818. The molecule has 0 unspecified atom stereocenters. The number of hydrazone groups is 1. The minimum Gasteiger partial charge on any atom is -0.242 e. The molecule has 0 bridgehead atoms. The molecule has 0 fully saturated rings. The Morgan fingerprint density at radius 2 is 1.74 bits per heavy atom. The molecule has 1 aromatic heterocycles. The summed E-state index contributed by atoms with van der Waals surface area (Å²) in [5, 5.41) is 4.24. The number of hydrogen-bond acceptors (Lipinski definition) is 3. The number of thiophene rings is 1. The first kappa shape index (κ1) is 16.2. The van der Waals surface area contributed by atoms with Crippen molar-refractivity contribution in [1.82, 2.24) is 5.43 Å². The zero-order chi connectivity index (χ0) is 14.9. The molecule has 0 aromatic carbocycles. The van der Waals surface area contributed by atoms with E-state index in [0.29, 0.717) is 16.1 Å². The Morgan fingerprint density at radius 3 is 2.16 bits per heavy atom. The van der Waals surface area contributed by atoms with E-state index < -0.39 is 18.1 Å². The number of hydrogen-bond donors (Lipinski definition) is 1. The molecular formula is C8H4BrF7N2S. The molecule has 0 amide bonds. The molecule has 0 atom stereocenters. The monoisotopic (exact) mass is 372 g/mol. The predicted octanol–water partition coefficient (Wildman–Crippen LogP) is 4.22. The first-order valence-electron chi connectivity index (χ1n) is 4.34. The highest BCUT2D eigenvalue weighted by Crippen LogP contribution is 2.44. The Balaban J connectivity index is 2.81. The van der Waals surface area contributed by atoms with Gasteiger partial charge in [0.05, 0.1) is 11.1 Å². The fraction of sp³-hybridized carbons (Fsp3) is 0.375. The van der Waals surface area contributed by atoms with Crippen molar-refractivity contribution in [1.29, 1.82) is 0 Å². The first-order valence-corrected chi connectivity index (χ1v) is 6.02. The summed E-state index contributed by atoms with van der Waals surface area (Å²) < 4.78 is 86.1. The normalized spacial score (nSPS) is 14.1. The molecule has 0 spiro atoms. The van der Waals surface area contributed by atoms with Crippen molar-refractivity contribution in [2.75, 3.05) is 0 Å². The number of alkyl halides is 7. The second kappa shape index (κ2) is 5.27. The Kier molecular flexibility index (Phi) is 4.50. The molecular weight excluding hydrogens is 369 g/mol. The second-order valence-corrected chi connectivity index (χ2v) is 4.95. The van der Waals surface area contributed by atoms with Gasteiger partial charge in [-0.2, -0.15) is 35.8 Å². The SMILES string of the molecule is FC(F)(F)C(F)(F)C(F)(F)N/N=C/c1sccc1Br. The average molecular weight is 373 g/mol. The molecule has 0 saturated carbocycles. The van der Waals surface area contributed by atoms with E-state index in [1.807, 2.05) is 0 Å². The maximum absolute atomic E-state index is 12.7. The molecule has 1 heterocycles. The molecule has 0 aliphatic carbocycles. The Morgan fingerprint density at radius 1 is 1.16 bits per heavy atom. The molecule has 0 aliphatic heterocycles. The number of nitrogens with zero attached hydrogens (tertiary/aromatic N) is 1. The predicted molar refractivity (Wildman–Crippen MR) is 58.7 cm³/mol. The lowest BCUT2D eigenvalue weighted by molar-refractivity contribution is -0.361. The van der Waals surface area contributed by atoms with Gasteiger partial charge >= 0.3 is 18.1 Å². The number of halogens is 8. The van der Waals surface area contributed by atoms with Crippen LogP contribution in [0.2, 0.25) is 0 Å². The minimum absolute atomic E-state index is 0.277. The van der Waals surface area contributed by atoms with Crippen LogP contribution in [-0.4, -0.2) is 24.4 Å². The van der Waals surface area contributed by atoms with Gasteiger partial charge in [0.15, 0.2) is 0 Å².